The van der Waals surface area contributed by atoms with E-state index in [2.05, 4.69) is 13.8 Å². The minimum Gasteiger partial charge on any atom is -0.494 e. The van der Waals surface area contributed by atoms with Crippen LogP contribution in [0.5, 0.6) is 23.0 Å². The van der Waals surface area contributed by atoms with Gasteiger partial charge in [0.05, 0.1) is 45.2 Å². The van der Waals surface area contributed by atoms with Gasteiger partial charge in [0.1, 0.15) is 37.1 Å². The second kappa shape index (κ2) is 20.9. The zero-order valence-corrected chi connectivity index (χ0v) is 35.2. The lowest BCUT2D eigenvalue weighted by Gasteiger charge is -2.37. The summed E-state index contributed by atoms with van der Waals surface area (Å²) in [5, 5.41) is 0. The summed E-state index contributed by atoms with van der Waals surface area (Å²) in [7, 11) is 0. The molecule has 0 aromatic heterocycles. The highest BCUT2D eigenvalue weighted by Crippen LogP contribution is 2.40. The number of esters is 3. The van der Waals surface area contributed by atoms with E-state index in [0.29, 0.717) is 94.9 Å². The zero-order chi connectivity index (χ0) is 42.5. The van der Waals surface area contributed by atoms with Crippen LogP contribution in [-0.2, 0) is 46.5 Å². The van der Waals surface area contributed by atoms with Crippen LogP contribution in [0.4, 0.5) is 0 Å². The van der Waals surface area contributed by atoms with Crippen molar-refractivity contribution >= 4 is 17.9 Å². The van der Waals surface area contributed by atoms with Crippen molar-refractivity contribution in [3.8, 4) is 34.1 Å². The van der Waals surface area contributed by atoms with E-state index < -0.39 is 5.97 Å². The van der Waals surface area contributed by atoms with Crippen LogP contribution >= 0.6 is 0 Å². The highest BCUT2D eigenvalue weighted by Gasteiger charge is 2.35. The van der Waals surface area contributed by atoms with Gasteiger partial charge in [-0.05, 0) is 133 Å². The summed E-state index contributed by atoms with van der Waals surface area (Å²) in [5.74, 6) is 1.75. The average molecular weight is 837 g/mol. The van der Waals surface area contributed by atoms with Crippen molar-refractivity contribution in [1.82, 2.24) is 0 Å². The van der Waals surface area contributed by atoms with Crippen LogP contribution in [0.15, 0.2) is 84.9 Å². The van der Waals surface area contributed by atoms with Crippen LogP contribution in [0.2, 0.25) is 0 Å². The third-order valence-corrected chi connectivity index (χ3v) is 11.0. The van der Waals surface area contributed by atoms with Crippen molar-refractivity contribution in [1.29, 1.82) is 0 Å². The molecular weight excluding hydrogens is 781 g/mol. The molecule has 0 unspecified atom stereocenters. The van der Waals surface area contributed by atoms with Gasteiger partial charge >= 0.3 is 17.9 Å². The molecule has 12 nitrogen and oxygen atoms in total. The number of hydrogen-bond donors (Lipinski definition) is 0. The molecule has 2 aliphatic heterocycles. The largest absolute Gasteiger partial charge is 0.494 e. The Kier molecular flexibility index (Phi) is 15.0. The van der Waals surface area contributed by atoms with Gasteiger partial charge in [-0.25, -0.2) is 4.79 Å². The molecule has 0 N–H and O–H groups in total. The highest BCUT2D eigenvalue weighted by atomic mass is 17.2. The third-order valence-electron chi connectivity index (χ3n) is 11.0. The molecule has 2 saturated heterocycles. The van der Waals surface area contributed by atoms with Crippen molar-refractivity contribution in [3.63, 3.8) is 0 Å². The van der Waals surface area contributed by atoms with Gasteiger partial charge in [0, 0.05) is 23.7 Å². The van der Waals surface area contributed by atoms with E-state index >= 15 is 0 Å². The van der Waals surface area contributed by atoms with Crippen molar-refractivity contribution in [2.24, 2.45) is 10.8 Å². The third kappa shape index (κ3) is 12.8. The summed E-state index contributed by atoms with van der Waals surface area (Å²) in [6, 6.07) is 26.2. The standard InChI is InChI=1S/C49H56O12/c1-48(29-53-30-48)33-57-45(50)9-5-3-7-23-55-39-15-11-35(12-16-39)28-59-61-42-20-22-44-38(27-42)25-37-26-41(19-21-43(37)44)60-47(52)36-13-17-40(18-14-36)56-24-8-4-6-10-46(51)58-34-49(2)31-54-32-49/h11-22,26-27H,3-10,23-25,28-34H2,1-2H3. The first-order valence-corrected chi connectivity index (χ1v) is 21.3. The maximum Gasteiger partial charge on any atom is 0.343 e. The average Bonchev–Trinajstić information content (AvgIpc) is 3.61. The first kappa shape index (κ1) is 43.7. The number of ether oxygens (including phenoxy) is 7. The minimum absolute atomic E-state index is 0.0199. The molecular formula is C49H56O12. The molecule has 0 atom stereocenters. The van der Waals surface area contributed by atoms with Crippen molar-refractivity contribution < 1.29 is 57.3 Å². The summed E-state index contributed by atoms with van der Waals surface area (Å²) < 4.78 is 38.6. The van der Waals surface area contributed by atoms with Crippen LogP contribution < -0.4 is 19.1 Å². The van der Waals surface area contributed by atoms with Gasteiger partial charge in [-0.1, -0.05) is 38.1 Å². The smallest absolute Gasteiger partial charge is 0.343 e. The lowest BCUT2D eigenvalue weighted by atomic mass is 9.90. The van der Waals surface area contributed by atoms with E-state index in [4.69, 9.17) is 42.9 Å². The van der Waals surface area contributed by atoms with Crippen LogP contribution in [0, 0.1) is 10.8 Å². The molecule has 0 amide bonds. The van der Waals surface area contributed by atoms with Crippen molar-refractivity contribution in [3.05, 3.63) is 107 Å². The summed E-state index contributed by atoms with van der Waals surface area (Å²) in [6.07, 6.45) is 6.42. The molecule has 1 aliphatic carbocycles. The lowest BCUT2D eigenvalue weighted by molar-refractivity contribution is -0.217. The zero-order valence-electron chi connectivity index (χ0n) is 35.2. The number of carbonyl (C=O) groups excluding carboxylic acids is 3. The molecule has 12 heteroatoms. The Bertz CT molecular complexity index is 2090. The van der Waals surface area contributed by atoms with Gasteiger partial charge in [0.15, 0.2) is 5.75 Å². The van der Waals surface area contributed by atoms with Gasteiger partial charge in [-0.3, -0.25) is 9.59 Å². The fourth-order valence-electron chi connectivity index (χ4n) is 7.18. The Morgan fingerprint density at radius 1 is 0.574 bits per heavy atom. The van der Waals surface area contributed by atoms with Gasteiger partial charge in [0.25, 0.3) is 0 Å². The number of unbranched alkanes of at least 4 members (excludes halogenated alkanes) is 4. The number of fused-ring (bicyclic) bond motifs is 3. The Labute approximate surface area is 357 Å². The predicted octanol–water partition coefficient (Wildman–Crippen LogP) is 9.03. The van der Waals surface area contributed by atoms with Gasteiger partial charge < -0.3 is 38.0 Å². The molecule has 7 rings (SSSR count). The maximum absolute atomic E-state index is 13.0. The van der Waals surface area contributed by atoms with Gasteiger partial charge in [-0.15, -0.1) is 0 Å². The van der Waals surface area contributed by atoms with E-state index in [1.54, 1.807) is 24.3 Å². The first-order chi connectivity index (χ1) is 29.6. The van der Waals surface area contributed by atoms with E-state index in [-0.39, 0.29) is 29.4 Å². The predicted molar refractivity (Wildman–Crippen MR) is 226 cm³/mol. The Hall–Kier alpha value is -5.43. The van der Waals surface area contributed by atoms with E-state index in [1.165, 1.54) is 0 Å². The highest BCUT2D eigenvalue weighted by molar-refractivity contribution is 5.91. The first-order valence-electron chi connectivity index (χ1n) is 21.3. The van der Waals surface area contributed by atoms with E-state index in [0.717, 1.165) is 72.1 Å². The molecule has 4 aromatic rings. The fraction of sp³-hybridized carbons (Fsp3) is 0.449. The molecule has 3 aliphatic rings. The summed E-state index contributed by atoms with van der Waals surface area (Å²) in [6.45, 7) is 8.89. The normalized spacial score (nSPS) is 15.3. The number of carbonyl (C=O) groups is 3. The van der Waals surface area contributed by atoms with Crippen molar-refractivity contribution in [2.75, 3.05) is 52.9 Å². The molecule has 0 bridgehead atoms. The van der Waals surface area contributed by atoms with Gasteiger partial charge in [-0.2, -0.15) is 4.89 Å². The number of benzene rings is 4. The lowest BCUT2D eigenvalue weighted by Crippen LogP contribution is -2.44. The summed E-state index contributed by atoms with van der Waals surface area (Å²) in [5.41, 5.74) is 5.66. The molecule has 324 valence electrons. The Balaban J connectivity index is 0.757. The molecule has 2 heterocycles. The number of rotatable bonds is 24. The summed E-state index contributed by atoms with van der Waals surface area (Å²) >= 11 is 0. The molecule has 4 aromatic carbocycles. The van der Waals surface area contributed by atoms with Crippen LogP contribution in [-0.4, -0.2) is 70.8 Å². The Morgan fingerprint density at radius 3 is 1.59 bits per heavy atom. The molecule has 2 fully saturated rings. The number of hydrogen-bond acceptors (Lipinski definition) is 12. The topological polar surface area (TPSA) is 134 Å². The maximum atomic E-state index is 13.0. The fourth-order valence-corrected chi connectivity index (χ4v) is 7.18. The van der Waals surface area contributed by atoms with E-state index in [9.17, 15) is 14.4 Å². The van der Waals surface area contributed by atoms with Crippen LogP contribution in [0.1, 0.15) is 92.3 Å². The second-order valence-electron chi connectivity index (χ2n) is 17.0. The summed E-state index contributed by atoms with van der Waals surface area (Å²) in [4.78, 5) is 48.2. The molecule has 61 heavy (non-hydrogen) atoms. The van der Waals surface area contributed by atoms with Crippen LogP contribution in [0.25, 0.3) is 11.1 Å². The molecule has 0 radical (unpaired) electrons. The SMILES string of the molecule is CC1(COC(=O)CCCCCOc2ccc(COOc3ccc4c(c3)Cc3cc(OC(=O)c5ccc(OCCCCCC(=O)OCC6(C)COC6)cc5)ccc3-4)cc2)COC1. The molecule has 0 spiro atoms. The van der Waals surface area contributed by atoms with E-state index in [1.807, 2.05) is 60.7 Å². The van der Waals surface area contributed by atoms with Crippen LogP contribution in [0.3, 0.4) is 0 Å². The quantitative estimate of drug-likeness (QED) is 0.0193. The Morgan fingerprint density at radius 2 is 1.07 bits per heavy atom. The van der Waals surface area contributed by atoms with Gasteiger partial charge in [0.2, 0.25) is 0 Å². The monoisotopic (exact) mass is 836 g/mol. The van der Waals surface area contributed by atoms with Crippen molar-refractivity contribution in [2.45, 2.75) is 78.2 Å². The second-order valence-corrected chi connectivity index (χ2v) is 17.0. The molecule has 0 saturated carbocycles. The minimum atomic E-state index is -0.448.